The highest BCUT2D eigenvalue weighted by molar-refractivity contribution is 7.21. The van der Waals surface area contributed by atoms with Crippen LogP contribution in [-0.4, -0.2) is 43.7 Å². The Morgan fingerprint density at radius 2 is 1.91 bits per heavy atom. The first kappa shape index (κ1) is 23.1. The van der Waals surface area contributed by atoms with Gasteiger partial charge in [-0.2, -0.15) is 0 Å². The minimum atomic E-state index is -0.482. The van der Waals surface area contributed by atoms with Gasteiger partial charge in [-0.3, -0.25) is 0 Å². The summed E-state index contributed by atoms with van der Waals surface area (Å²) < 4.78 is 16.7. The average molecular weight is 490 g/mol. The molecule has 0 fully saturated rings. The van der Waals surface area contributed by atoms with Crippen LogP contribution in [0.4, 0.5) is 5.69 Å². The Morgan fingerprint density at radius 1 is 1.11 bits per heavy atom. The Hall–Kier alpha value is -3.62. The molecule has 2 aromatic carbocycles. The zero-order valence-electron chi connectivity index (χ0n) is 20.2. The molecule has 0 aliphatic carbocycles. The first-order chi connectivity index (χ1) is 16.9. The summed E-state index contributed by atoms with van der Waals surface area (Å²) in [7, 11) is 5.32. The molecule has 7 nitrogen and oxygen atoms in total. The molecule has 0 spiro atoms. The number of rotatable bonds is 5. The second-order valence-corrected chi connectivity index (χ2v) is 9.70. The Balaban J connectivity index is 1.70. The van der Waals surface area contributed by atoms with Gasteiger partial charge in [0.1, 0.15) is 15.5 Å². The van der Waals surface area contributed by atoms with E-state index in [4.69, 9.17) is 24.9 Å². The SMILES string of the molecule is COc1ccc(-c2c3c(nc4sc(C(=O)Oc5cccc(C)c5)c(N)c24)CCN(C)C3)cc1OC. The van der Waals surface area contributed by atoms with Crippen LogP contribution in [0.3, 0.4) is 0 Å². The second-order valence-electron chi connectivity index (χ2n) is 8.70. The maximum Gasteiger partial charge on any atom is 0.355 e. The number of esters is 1. The molecule has 1 aliphatic heterocycles. The molecule has 4 aromatic rings. The second kappa shape index (κ2) is 9.20. The first-order valence-corrected chi connectivity index (χ1v) is 12.1. The number of likely N-dealkylation sites (N-methyl/N-ethyl adjacent to an activating group) is 1. The van der Waals surface area contributed by atoms with Crippen LogP contribution in [0.1, 0.15) is 26.5 Å². The average Bonchev–Trinajstić information content (AvgIpc) is 3.18. The lowest BCUT2D eigenvalue weighted by atomic mass is 9.92. The van der Waals surface area contributed by atoms with Gasteiger partial charge in [0.2, 0.25) is 0 Å². The molecule has 0 amide bonds. The van der Waals surface area contributed by atoms with Crippen LogP contribution in [0.25, 0.3) is 21.3 Å². The van der Waals surface area contributed by atoms with Crippen molar-refractivity contribution in [3.05, 3.63) is 64.2 Å². The smallest absolute Gasteiger partial charge is 0.355 e. The number of nitrogens with zero attached hydrogens (tertiary/aromatic N) is 2. The lowest BCUT2D eigenvalue weighted by molar-refractivity contribution is 0.0741. The highest BCUT2D eigenvalue weighted by atomic mass is 32.1. The molecule has 2 aromatic heterocycles. The number of carbonyl (C=O) groups excluding carboxylic acids is 1. The van der Waals surface area contributed by atoms with Crippen LogP contribution in [0.5, 0.6) is 17.2 Å². The Kier molecular flexibility index (Phi) is 6.08. The van der Waals surface area contributed by atoms with Crippen molar-refractivity contribution in [1.29, 1.82) is 0 Å². The zero-order valence-corrected chi connectivity index (χ0v) is 21.0. The van der Waals surface area contributed by atoms with Gasteiger partial charge in [-0.25, -0.2) is 9.78 Å². The van der Waals surface area contributed by atoms with E-state index in [0.29, 0.717) is 27.8 Å². The number of carbonyl (C=O) groups is 1. The van der Waals surface area contributed by atoms with Crippen LogP contribution < -0.4 is 19.9 Å². The van der Waals surface area contributed by atoms with Crippen LogP contribution in [0, 0.1) is 6.92 Å². The van der Waals surface area contributed by atoms with Crippen molar-refractivity contribution in [2.75, 3.05) is 33.5 Å². The number of anilines is 1. The van der Waals surface area contributed by atoms with Gasteiger partial charge in [0, 0.05) is 36.2 Å². The summed E-state index contributed by atoms with van der Waals surface area (Å²) in [4.78, 5) is 21.4. The summed E-state index contributed by atoms with van der Waals surface area (Å²) in [5, 5.41) is 0.771. The lowest BCUT2D eigenvalue weighted by Gasteiger charge is -2.27. The molecule has 8 heteroatoms. The highest BCUT2D eigenvalue weighted by Crippen LogP contribution is 2.45. The van der Waals surface area contributed by atoms with E-state index in [2.05, 4.69) is 11.9 Å². The van der Waals surface area contributed by atoms with Gasteiger partial charge in [-0.05, 0) is 54.9 Å². The topological polar surface area (TPSA) is 86.9 Å². The van der Waals surface area contributed by atoms with E-state index >= 15 is 0 Å². The fourth-order valence-electron chi connectivity index (χ4n) is 4.55. The number of hydrogen-bond acceptors (Lipinski definition) is 8. The molecule has 180 valence electrons. The molecule has 0 radical (unpaired) electrons. The van der Waals surface area contributed by atoms with Crippen LogP contribution in [0.15, 0.2) is 42.5 Å². The monoisotopic (exact) mass is 489 g/mol. The maximum absolute atomic E-state index is 13.2. The van der Waals surface area contributed by atoms with Gasteiger partial charge < -0.3 is 24.8 Å². The van der Waals surface area contributed by atoms with Gasteiger partial charge in [-0.1, -0.05) is 18.2 Å². The standard InChI is InChI=1S/C27H27N3O4S/c1-15-6-5-7-17(12-15)34-27(31)25-24(28)23-22(16-8-9-20(32-3)21(13-16)33-4)18-14-30(2)11-10-19(18)29-26(23)35-25/h5-9,12-13H,10-11,14,28H2,1-4H3. The van der Waals surface area contributed by atoms with Crippen molar-refractivity contribution in [3.63, 3.8) is 0 Å². The van der Waals surface area contributed by atoms with Crippen molar-refractivity contribution in [2.45, 2.75) is 19.9 Å². The van der Waals surface area contributed by atoms with Crippen molar-refractivity contribution >= 4 is 33.2 Å². The van der Waals surface area contributed by atoms with Gasteiger partial charge in [0.05, 0.1) is 19.9 Å². The lowest BCUT2D eigenvalue weighted by Crippen LogP contribution is -2.27. The molecule has 3 heterocycles. The fourth-order valence-corrected chi connectivity index (χ4v) is 5.55. The molecule has 2 N–H and O–H groups in total. The number of aryl methyl sites for hydroxylation is 1. The Morgan fingerprint density at radius 3 is 2.66 bits per heavy atom. The largest absolute Gasteiger partial charge is 0.493 e. The third-order valence-corrected chi connectivity index (χ3v) is 7.36. The number of nitrogen functional groups attached to an aromatic ring is 1. The molecule has 0 bridgehead atoms. The first-order valence-electron chi connectivity index (χ1n) is 11.3. The van der Waals surface area contributed by atoms with Crippen LogP contribution >= 0.6 is 11.3 Å². The molecular weight excluding hydrogens is 462 g/mol. The number of thiophene rings is 1. The van der Waals surface area contributed by atoms with E-state index in [-0.39, 0.29) is 0 Å². The van der Waals surface area contributed by atoms with E-state index in [0.717, 1.165) is 57.7 Å². The Bertz CT molecular complexity index is 1450. The summed E-state index contributed by atoms with van der Waals surface area (Å²) in [5.74, 6) is 1.28. The molecule has 0 atom stereocenters. The number of hydrogen-bond donors (Lipinski definition) is 1. The van der Waals surface area contributed by atoms with Gasteiger partial charge in [-0.15, -0.1) is 11.3 Å². The summed E-state index contributed by atoms with van der Waals surface area (Å²) in [6.45, 7) is 3.60. The van der Waals surface area contributed by atoms with Crippen molar-refractivity contribution in [1.82, 2.24) is 9.88 Å². The number of methoxy groups -OCH3 is 2. The molecule has 0 saturated heterocycles. The molecule has 5 rings (SSSR count). The van der Waals surface area contributed by atoms with Crippen molar-refractivity contribution < 1.29 is 19.0 Å². The van der Waals surface area contributed by atoms with Gasteiger partial charge >= 0.3 is 5.97 Å². The number of ether oxygens (including phenoxy) is 3. The maximum atomic E-state index is 13.2. The summed E-state index contributed by atoms with van der Waals surface area (Å²) >= 11 is 1.28. The predicted molar refractivity (Wildman–Crippen MR) is 139 cm³/mol. The van der Waals surface area contributed by atoms with E-state index in [1.807, 2.05) is 43.3 Å². The Labute approximate surface area is 208 Å². The molecule has 0 saturated carbocycles. The fraction of sp³-hybridized carbons (Fsp3) is 0.259. The third-order valence-electron chi connectivity index (χ3n) is 6.28. The summed E-state index contributed by atoms with van der Waals surface area (Å²) in [6, 6.07) is 13.2. The van der Waals surface area contributed by atoms with Crippen LogP contribution in [0.2, 0.25) is 0 Å². The highest BCUT2D eigenvalue weighted by Gasteiger charge is 2.28. The predicted octanol–water partition coefficient (Wildman–Crippen LogP) is 5.08. The van der Waals surface area contributed by atoms with Crippen LogP contribution in [-0.2, 0) is 13.0 Å². The van der Waals surface area contributed by atoms with E-state index in [1.54, 1.807) is 20.3 Å². The number of aromatic nitrogens is 1. The van der Waals surface area contributed by atoms with E-state index in [9.17, 15) is 4.79 Å². The third kappa shape index (κ3) is 4.19. The number of nitrogens with two attached hydrogens (primary N) is 1. The van der Waals surface area contributed by atoms with Gasteiger partial charge in [0.15, 0.2) is 11.5 Å². The van der Waals surface area contributed by atoms with E-state index in [1.165, 1.54) is 11.3 Å². The van der Waals surface area contributed by atoms with Crippen molar-refractivity contribution in [3.8, 4) is 28.4 Å². The summed E-state index contributed by atoms with van der Waals surface area (Å²) in [6.07, 6.45) is 0.822. The van der Waals surface area contributed by atoms with Crippen molar-refractivity contribution in [2.24, 2.45) is 0 Å². The number of fused-ring (bicyclic) bond motifs is 2. The van der Waals surface area contributed by atoms with E-state index < -0.39 is 5.97 Å². The van der Waals surface area contributed by atoms with Gasteiger partial charge in [0.25, 0.3) is 0 Å². The molecule has 0 unspecified atom stereocenters. The quantitative estimate of drug-likeness (QED) is 0.309. The minimum absolute atomic E-state index is 0.353. The zero-order chi connectivity index (χ0) is 24.7. The molecule has 35 heavy (non-hydrogen) atoms. The molecule has 1 aliphatic rings. The number of benzene rings is 2. The number of pyridine rings is 1. The molecular formula is C27H27N3O4S. The normalized spacial score (nSPS) is 13.5. The minimum Gasteiger partial charge on any atom is -0.493 e. The summed E-state index contributed by atoms with van der Waals surface area (Å²) in [5.41, 5.74) is 12.1.